The molecule has 2 aromatic carbocycles. The molecule has 0 saturated heterocycles. The van der Waals surface area contributed by atoms with E-state index in [-0.39, 0.29) is 28.7 Å². The number of fused-ring (bicyclic) bond motifs is 3. The Morgan fingerprint density at radius 2 is 1.84 bits per heavy atom. The molecule has 4 aromatic rings. The maximum absolute atomic E-state index is 12.5. The number of rotatable bonds is 6. The maximum atomic E-state index is 12.5. The molecule has 0 bridgehead atoms. The van der Waals surface area contributed by atoms with E-state index in [2.05, 4.69) is 14.9 Å². The number of benzene rings is 2. The van der Waals surface area contributed by atoms with Crippen LogP contribution in [0.1, 0.15) is 12.7 Å². The molecule has 12 heteroatoms. The van der Waals surface area contributed by atoms with Crippen molar-refractivity contribution in [2.75, 3.05) is 0 Å². The van der Waals surface area contributed by atoms with E-state index in [0.29, 0.717) is 15.9 Å². The van der Waals surface area contributed by atoms with Gasteiger partial charge in [0.25, 0.3) is 5.56 Å². The molecule has 0 saturated carbocycles. The number of aromatic nitrogens is 4. The quantitative estimate of drug-likeness (QED) is 0.420. The SMILES string of the molecule is C[C@H](NS(=O)(=O)c1ccc(Cl)cc1)C(=O)OCc1nnc2n(C)c(=O)c3ccccc3n12. The van der Waals surface area contributed by atoms with Gasteiger partial charge in [0.1, 0.15) is 6.04 Å². The van der Waals surface area contributed by atoms with Crippen LogP contribution in [0.15, 0.2) is 58.2 Å². The lowest BCUT2D eigenvalue weighted by Gasteiger charge is -2.14. The second-order valence-corrected chi connectivity index (χ2v) is 9.19. The molecule has 1 N–H and O–H groups in total. The smallest absolute Gasteiger partial charge is 0.324 e. The summed E-state index contributed by atoms with van der Waals surface area (Å²) in [4.78, 5) is 24.9. The van der Waals surface area contributed by atoms with E-state index in [1.165, 1.54) is 35.8 Å². The Balaban J connectivity index is 1.54. The average molecular weight is 476 g/mol. The average Bonchev–Trinajstić information content (AvgIpc) is 3.20. The summed E-state index contributed by atoms with van der Waals surface area (Å²) in [5.41, 5.74) is 0.340. The summed E-state index contributed by atoms with van der Waals surface area (Å²) in [5, 5.41) is 8.90. The van der Waals surface area contributed by atoms with Crippen LogP contribution in [-0.2, 0) is 33.2 Å². The third-order valence-corrected chi connectivity index (χ3v) is 6.65. The van der Waals surface area contributed by atoms with Crippen LogP contribution in [-0.4, -0.2) is 39.6 Å². The highest BCUT2D eigenvalue weighted by molar-refractivity contribution is 7.89. The Morgan fingerprint density at radius 3 is 2.56 bits per heavy atom. The molecular formula is C20H18ClN5O5S. The third-order valence-electron chi connectivity index (χ3n) is 4.85. The van der Waals surface area contributed by atoms with Gasteiger partial charge in [-0.05, 0) is 43.3 Å². The first-order valence-electron chi connectivity index (χ1n) is 9.45. The molecule has 0 aliphatic rings. The van der Waals surface area contributed by atoms with Crippen LogP contribution < -0.4 is 10.3 Å². The van der Waals surface area contributed by atoms with Crippen LogP contribution in [0.25, 0.3) is 16.7 Å². The van der Waals surface area contributed by atoms with Gasteiger partial charge in [0, 0.05) is 12.1 Å². The fraction of sp³-hybridized carbons (Fsp3) is 0.200. The lowest BCUT2D eigenvalue weighted by atomic mass is 10.2. The Labute approximate surface area is 187 Å². The van der Waals surface area contributed by atoms with Crippen molar-refractivity contribution in [1.29, 1.82) is 0 Å². The van der Waals surface area contributed by atoms with Gasteiger partial charge in [-0.2, -0.15) is 4.72 Å². The number of hydrogen-bond acceptors (Lipinski definition) is 7. The zero-order valence-corrected chi connectivity index (χ0v) is 18.6. The molecule has 0 spiro atoms. The van der Waals surface area contributed by atoms with Gasteiger partial charge in [0.15, 0.2) is 12.4 Å². The highest BCUT2D eigenvalue weighted by atomic mass is 35.5. The number of esters is 1. The molecule has 32 heavy (non-hydrogen) atoms. The van der Waals surface area contributed by atoms with Crippen LogP contribution >= 0.6 is 11.6 Å². The zero-order chi connectivity index (χ0) is 23.0. The van der Waals surface area contributed by atoms with E-state index >= 15 is 0 Å². The van der Waals surface area contributed by atoms with Gasteiger partial charge >= 0.3 is 5.97 Å². The summed E-state index contributed by atoms with van der Waals surface area (Å²) >= 11 is 5.78. The van der Waals surface area contributed by atoms with Crippen molar-refractivity contribution in [3.05, 3.63) is 69.7 Å². The minimum absolute atomic E-state index is 0.0302. The van der Waals surface area contributed by atoms with Crippen LogP contribution in [0.5, 0.6) is 0 Å². The topological polar surface area (TPSA) is 125 Å². The molecule has 0 aliphatic carbocycles. The van der Waals surface area contributed by atoms with Crippen molar-refractivity contribution in [3.8, 4) is 0 Å². The Bertz CT molecular complexity index is 1490. The fourth-order valence-corrected chi connectivity index (χ4v) is 4.53. The van der Waals surface area contributed by atoms with E-state index in [4.69, 9.17) is 16.3 Å². The molecule has 0 fully saturated rings. The third kappa shape index (κ3) is 3.97. The van der Waals surface area contributed by atoms with Crippen molar-refractivity contribution in [3.63, 3.8) is 0 Å². The lowest BCUT2D eigenvalue weighted by molar-refractivity contribution is -0.146. The van der Waals surface area contributed by atoms with Crippen molar-refractivity contribution < 1.29 is 17.9 Å². The number of nitrogens with zero attached hydrogens (tertiary/aromatic N) is 4. The van der Waals surface area contributed by atoms with Crippen LogP contribution in [0.3, 0.4) is 0 Å². The number of para-hydroxylation sites is 1. The molecule has 0 amide bonds. The number of aryl methyl sites for hydroxylation is 1. The number of ether oxygens (including phenoxy) is 1. The first-order chi connectivity index (χ1) is 15.2. The Morgan fingerprint density at radius 1 is 1.16 bits per heavy atom. The second-order valence-electron chi connectivity index (χ2n) is 7.04. The van der Waals surface area contributed by atoms with E-state index in [9.17, 15) is 18.0 Å². The molecular weight excluding hydrogens is 458 g/mol. The number of nitrogens with one attached hydrogen (secondary N) is 1. The van der Waals surface area contributed by atoms with Crippen LogP contribution in [0.2, 0.25) is 5.02 Å². The van der Waals surface area contributed by atoms with Crippen molar-refractivity contribution in [2.45, 2.75) is 24.5 Å². The van der Waals surface area contributed by atoms with E-state index in [1.807, 2.05) is 0 Å². The monoisotopic (exact) mass is 475 g/mol. The molecule has 2 heterocycles. The van der Waals surface area contributed by atoms with Gasteiger partial charge in [0.05, 0.1) is 15.8 Å². The Kier molecular flexibility index (Phi) is 5.71. The predicted molar refractivity (Wildman–Crippen MR) is 117 cm³/mol. The van der Waals surface area contributed by atoms with Crippen molar-refractivity contribution >= 4 is 44.3 Å². The highest BCUT2D eigenvalue weighted by Gasteiger charge is 2.24. The lowest BCUT2D eigenvalue weighted by Crippen LogP contribution is -2.39. The number of halogens is 1. The summed E-state index contributed by atoms with van der Waals surface area (Å²) in [6.07, 6.45) is 0. The molecule has 2 aromatic heterocycles. The highest BCUT2D eigenvalue weighted by Crippen LogP contribution is 2.16. The number of carbonyl (C=O) groups is 1. The van der Waals surface area contributed by atoms with Gasteiger partial charge in [-0.15, -0.1) is 10.2 Å². The van der Waals surface area contributed by atoms with Gasteiger partial charge < -0.3 is 4.74 Å². The number of sulfonamides is 1. The molecule has 10 nitrogen and oxygen atoms in total. The second kappa shape index (κ2) is 8.34. The normalized spacial score (nSPS) is 12.8. The van der Waals surface area contributed by atoms with E-state index in [0.717, 1.165) is 0 Å². The minimum atomic E-state index is -3.95. The van der Waals surface area contributed by atoms with Crippen LogP contribution in [0, 0.1) is 0 Å². The molecule has 0 radical (unpaired) electrons. The largest absolute Gasteiger partial charge is 0.456 e. The molecule has 166 valence electrons. The zero-order valence-electron chi connectivity index (χ0n) is 17.0. The van der Waals surface area contributed by atoms with Gasteiger partial charge in [-0.1, -0.05) is 23.7 Å². The first-order valence-corrected chi connectivity index (χ1v) is 11.3. The van der Waals surface area contributed by atoms with Crippen molar-refractivity contribution in [2.24, 2.45) is 7.05 Å². The standard InChI is InChI=1S/C20H18ClN5O5S/c1-12(24-32(29,30)14-9-7-13(21)8-10-14)19(28)31-11-17-22-23-20-25(2)18(27)15-5-3-4-6-16(15)26(17)20/h3-10,12,24H,11H2,1-2H3/t12-/m0/s1. The molecule has 0 unspecified atom stereocenters. The summed E-state index contributed by atoms with van der Waals surface area (Å²) in [6.45, 7) is 1.10. The minimum Gasteiger partial charge on any atom is -0.456 e. The molecule has 1 atom stereocenters. The summed E-state index contributed by atoms with van der Waals surface area (Å²) < 4.78 is 35.4. The van der Waals surface area contributed by atoms with Gasteiger partial charge in [-0.3, -0.25) is 18.6 Å². The fourth-order valence-electron chi connectivity index (χ4n) is 3.21. The number of carbonyl (C=O) groups excluding carboxylic acids is 1. The summed E-state index contributed by atoms with van der Waals surface area (Å²) in [6, 6.07) is 11.3. The summed E-state index contributed by atoms with van der Waals surface area (Å²) in [5.74, 6) is -0.224. The predicted octanol–water partition coefficient (Wildman–Crippen LogP) is 1.64. The number of hydrogen-bond donors (Lipinski definition) is 1. The van der Waals surface area contributed by atoms with E-state index in [1.54, 1.807) is 35.7 Å². The first kappa shape index (κ1) is 21.9. The Hall–Kier alpha value is -3.28. The van der Waals surface area contributed by atoms with E-state index < -0.39 is 22.0 Å². The van der Waals surface area contributed by atoms with Gasteiger partial charge in [0.2, 0.25) is 15.8 Å². The molecule has 0 aliphatic heterocycles. The van der Waals surface area contributed by atoms with Crippen LogP contribution in [0.4, 0.5) is 0 Å². The maximum Gasteiger partial charge on any atom is 0.324 e. The van der Waals surface area contributed by atoms with Crippen molar-refractivity contribution in [1.82, 2.24) is 23.9 Å². The van der Waals surface area contributed by atoms with Gasteiger partial charge in [-0.25, -0.2) is 8.42 Å². The summed E-state index contributed by atoms with van der Waals surface area (Å²) in [7, 11) is -2.38. The molecule has 4 rings (SSSR count).